The lowest BCUT2D eigenvalue weighted by Gasteiger charge is -2.11. The Bertz CT molecular complexity index is 503. The second kappa shape index (κ2) is 7.16. The van der Waals surface area contributed by atoms with Crippen molar-refractivity contribution in [3.05, 3.63) is 29.8 Å². The van der Waals surface area contributed by atoms with Crippen molar-refractivity contribution in [3.8, 4) is 0 Å². The number of aliphatic hydroxyl groups is 2. The van der Waals surface area contributed by atoms with Crippen molar-refractivity contribution in [3.63, 3.8) is 0 Å². The first-order chi connectivity index (χ1) is 10.1. The topological polar surface area (TPSA) is 111 Å². The van der Waals surface area contributed by atoms with Crippen LogP contribution in [0.15, 0.2) is 24.3 Å². The third-order valence-corrected chi connectivity index (χ3v) is 3.24. The Labute approximate surface area is 122 Å². The largest absolute Gasteiger partial charge is 0.395 e. The minimum Gasteiger partial charge on any atom is -0.395 e. The van der Waals surface area contributed by atoms with Crippen LogP contribution in [0.3, 0.4) is 0 Å². The number of rotatable bonds is 5. The molecule has 0 aliphatic carbocycles. The number of carbonyl (C=O) groups excluding carboxylic acids is 2. The monoisotopic (exact) mass is 293 g/mol. The smallest absolute Gasteiger partial charge is 0.251 e. The Hall–Kier alpha value is -1.96. The molecule has 2 rings (SSSR count). The average molecular weight is 293 g/mol. The van der Waals surface area contributed by atoms with Gasteiger partial charge in [0.1, 0.15) is 0 Å². The highest BCUT2D eigenvalue weighted by Gasteiger charge is 2.27. The minimum atomic E-state index is -0.488. The van der Waals surface area contributed by atoms with Crippen molar-refractivity contribution in [2.75, 3.05) is 25.0 Å². The van der Waals surface area contributed by atoms with Crippen molar-refractivity contribution in [2.45, 2.75) is 18.6 Å². The molecule has 1 aromatic carbocycles. The van der Waals surface area contributed by atoms with Crippen LogP contribution in [-0.4, -0.2) is 53.9 Å². The van der Waals surface area contributed by atoms with Crippen LogP contribution >= 0.6 is 0 Å². The maximum atomic E-state index is 11.9. The molecule has 5 N–H and O–H groups in total. The number of β-amino-alcohol motifs (C(OH)–C–C–N with tert-alkyl or cyclic N) is 1. The van der Waals surface area contributed by atoms with Crippen LogP contribution in [0.4, 0.5) is 5.69 Å². The van der Waals surface area contributed by atoms with Gasteiger partial charge in [0.05, 0.1) is 18.8 Å². The van der Waals surface area contributed by atoms with E-state index in [0.29, 0.717) is 24.2 Å². The summed E-state index contributed by atoms with van der Waals surface area (Å²) in [5, 5.41) is 26.2. The van der Waals surface area contributed by atoms with Gasteiger partial charge in [-0.05, 0) is 30.7 Å². The molecule has 1 aromatic rings. The number of hydrogen-bond donors (Lipinski definition) is 5. The summed E-state index contributed by atoms with van der Waals surface area (Å²) in [7, 11) is 0. The molecule has 1 fully saturated rings. The standard InChI is InChI=1S/C14H19N3O4/c18-6-5-15-13(20)9-1-3-10(4-2-9)17-14(21)12-7-11(19)8-16-12/h1-4,11-12,16,18-19H,5-8H2,(H,15,20)(H,17,21). The summed E-state index contributed by atoms with van der Waals surface area (Å²) < 4.78 is 0. The van der Waals surface area contributed by atoms with E-state index in [1.54, 1.807) is 24.3 Å². The molecular weight excluding hydrogens is 274 g/mol. The molecule has 0 saturated carbocycles. The lowest BCUT2D eigenvalue weighted by atomic mass is 10.1. The van der Waals surface area contributed by atoms with E-state index in [2.05, 4.69) is 16.0 Å². The van der Waals surface area contributed by atoms with E-state index in [4.69, 9.17) is 5.11 Å². The normalized spacial score (nSPS) is 21.0. The maximum absolute atomic E-state index is 11.9. The van der Waals surface area contributed by atoms with Crippen LogP contribution in [0, 0.1) is 0 Å². The van der Waals surface area contributed by atoms with E-state index in [1.165, 1.54) is 0 Å². The van der Waals surface area contributed by atoms with E-state index < -0.39 is 12.1 Å². The van der Waals surface area contributed by atoms with Gasteiger partial charge in [-0.15, -0.1) is 0 Å². The van der Waals surface area contributed by atoms with Crippen molar-refractivity contribution in [1.29, 1.82) is 0 Å². The Balaban J connectivity index is 1.90. The summed E-state index contributed by atoms with van der Waals surface area (Å²) in [5.74, 6) is -0.480. The molecule has 1 saturated heterocycles. The molecule has 114 valence electrons. The molecule has 0 radical (unpaired) electrons. The van der Waals surface area contributed by atoms with Gasteiger partial charge in [0, 0.05) is 24.3 Å². The molecular formula is C14H19N3O4. The Kier molecular flexibility index (Phi) is 5.26. The van der Waals surface area contributed by atoms with Gasteiger partial charge in [0.2, 0.25) is 5.91 Å². The Morgan fingerprint density at radius 3 is 2.57 bits per heavy atom. The van der Waals surface area contributed by atoms with E-state index in [0.717, 1.165) is 0 Å². The Morgan fingerprint density at radius 1 is 1.29 bits per heavy atom. The van der Waals surface area contributed by atoms with Crippen LogP contribution in [0.5, 0.6) is 0 Å². The average Bonchev–Trinajstić information content (AvgIpc) is 2.92. The molecule has 0 bridgehead atoms. The first-order valence-electron chi connectivity index (χ1n) is 6.81. The molecule has 7 nitrogen and oxygen atoms in total. The minimum absolute atomic E-state index is 0.111. The molecule has 0 aromatic heterocycles. The SMILES string of the molecule is O=C(NCCO)c1ccc(NC(=O)C2CC(O)CN2)cc1. The summed E-state index contributed by atoms with van der Waals surface area (Å²) in [5.41, 5.74) is 1.04. The highest BCUT2D eigenvalue weighted by atomic mass is 16.3. The van der Waals surface area contributed by atoms with E-state index in [1.807, 2.05) is 0 Å². The summed E-state index contributed by atoms with van der Waals surface area (Å²) in [6, 6.07) is 6.07. The van der Waals surface area contributed by atoms with Gasteiger partial charge in [0.15, 0.2) is 0 Å². The van der Waals surface area contributed by atoms with E-state index in [9.17, 15) is 14.7 Å². The molecule has 7 heteroatoms. The van der Waals surface area contributed by atoms with Gasteiger partial charge in [-0.2, -0.15) is 0 Å². The number of aliphatic hydroxyl groups excluding tert-OH is 2. The molecule has 1 aliphatic heterocycles. The zero-order chi connectivity index (χ0) is 15.2. The maximum Gasteiger partial charge on any atom is 0.251 e. The van der Waals surface area contributed by atoms with Crippen LogP contribution in [0.25, 0.3) is 0 Å². The van der Waals surface area contributed by atoms with Gasteiger partial charge in [-0.1, -0.05) is 0 Å². The summed E-state index contributed by atoms with van der Waals surface area (Å²) >= 11 is 0. The first-order valence-corrected chi connectivity index (χ1v) is 6.81. The molecule has 0 spiro atoms. The third kappa shape index (κ3) is 4.25. The van der Waals surface area contributed by atoms with Crippen LogP contribution in [-0.2, 0) is 4.79 Å². The van der Waals surface area contributed by atoms with Crippen molar-refractivity contribution in [2.24, 2.45) is 0 Å². The quantitative estimate of drug-likeness (QED) is 0.482. The number of anilines is 1. The fourth-order valence-corrected chi connectivity index (χ4v) is 2.12. The predicted octanol–water partition coefficient (Wildman–Crippen LogP) is -0.930. The zero-order valence-electron chi connectivity index (χ0n) is 11.5. The highest BCUT2D eigenvalue weighted by molar-refractivity contribution is 5.97. The predicted molar refractivity (Wildman–Crippen MR) is 76.9 cm³/mol. The first kappa shape index (κ1) is 15.4. The van der Waals surface area contributed by atoms with E-state index >= 15 is 0 Å². The molecule has 1 aliphatic rings. The van der Waals surface area contributed by atoms with Crippen molar-refractivity contribution < 1.29 is 19.8 Å². The second-order valence-electron chi connectivity index (χ2n) is 4.90. The zero-order valence-corrected chi connectivity index (χ0v) is 11.5. The van der Waals surface area contributed by atoms with Gasteiger partial charge >= 0.3 is 0 Å². The summed E-state index contributed by atoms with van der Waals surface area (Å²) in [4.78, 5) is 23.6. The van der Waals surface area contributed by atoms with Crippen molar-refractivity contribution in [1.82, 2.24) is 10.6 Å². The third-order valence-electron chi connectivity index (χ3n) is 3.24. The van der Waals surface area contributed by atoms with Gasteiger partial charge < -0.3 is 26.2 Å². The number of carbonyl (C=O) groups is 2. The second-order valence-corrected chi connectivity index (χ2v) is 4.90. The number of hydrogen-bond acceptors (Lipinski definition) is 5. The molecule has 2 amide bonds. The van der Waals surface area contributed by atoms with Gasteiger partial charge in [0.25, 0.3) is 5.91 Å². The highest BCUT2D eigenvalue weighted by Crippen LogP contribution is 2.13. The molecule has 1 heterocycles. The number of benzene rings is 1. The fraction of sp³-hybridized carbons (Fsp3) is 0.429. The van der Waals surface area contributed by atoms with Gasteiger partial charge in [-0.25, -0.2) is 0 Å². The fourth-order valence-electron chi connectivity index (χ4n) is 2.12. The number of amides is 2. The van der Waals surface area contributed by atoms with E-state index in [-0.39, 0.29) is 25.0 Å². The molecule has 2 atom stereocenters. The van der Waals surface area contributed by atoms with Crippen molar-refractivity contribution >= 4 is 17.5 Å². The number of nitrogens with one attached hydrogen (secondary N) is 3. The van der Waals surface area contributed by atoms with Crippen LogP contribution in [0.2, 0.25) is 0 Å². The lowest BCUT2D eigenvalue weighted by molar-refractivity contribution is -0.117. The Morgan fingerprint density at radius 2 is 2.00 bits per heavy atom. The van der Waals surface area contributed by atoms with Crippen LogP contribution < -0.4 is 16.0 Å². The van der Waals surface area contributed by atoms with Gasteiger partial charge in [-0.3, -0.25) is 9.59 Å². The van der Waals surface area contributed by atoms with Crippen LogP contribution in [0.1, 0.15) is 16.8 Å². The molecule has 21 heavy (non-hydrogen) atoms. The lowest BCUT2D eigenvalue weighted by Crippen LogP contribution is -2.35. The molecule has 2 unspecified atom stereocenters. The summed E-state index contributed by atoms with van der Waals surface area (Å²) in [6.45, 7) is 0.509. The summed E-state index contributed by atoms with van der Waals surface area (Å²) in [6.07, 6.45) is -0.0913.